The first-order valence-electron chi connectivity index (χ1n) is 3.13. The zero-order valence-corrected chi connectivity index (χ0v) is 7.70. The van der Waals surface area contributed by atoms with Gasteiger partial charge >= 0.3 is 16.5 Å². The van der Waals surface area contributed by atoms with Gasteiger partial charge in [-0.2, -0.15) is 0 Å². The van der Waals surface area contributed by atoms with Gasteiger partial charge in [-0.3, -0.25) is 5.14 Å². The minimum atomic E-state index is 0.0146. The molecule has 0 amide bonds. The molecule has 0 bridgehead atoms. The minimum Gasteiger partial charge on any atom is -0.395 e. The molecule has 0 unspecified atom stereocenters. The van der Waals surface area contributed by atoms with E-state index in [9.17, 15) is 0 Å². The van der Waals surface area contributed by atoms with E-state index >= 15 is 0 Å². The Morgan fingerprint density at radius 1 is 1.36 bits per heavy atom. The lowest BCUT2D eigenvalue weighted by Gasteiger charge is -2.14. The van der Waals surface area contributed by atoms with Crippen LogP contribution in [0.25, 0.3) is 0 Å². The van der Waals surface area contributed by atoms with E-state index in [-0.39, 0.29) is 13.2 Å². The maximum Gasteiger partial charge on any atom is 0.565 e. The highest BCUT2D eigenvalue weighted by atomic mass is 32.2. The lowest BCUT2D eigenvalue weighted by atomic mass is 10.5. The highest BCUT2D eigenvalue weighted by molar-refractivity contribution is 8.18. The fraction of sp³-hybridized carbons (Fsp3) is 0.800. The predicted octanol–water partition coefficient (Wildman–Crippen LogP) is -1.49. The number of nitrogens with zero attached hydrogens (tertiary/aromatic N) is 1. The number of rotatable bonds is 4. The Labute approximate surface area is 75.5 Å². The molecule has 6 heteroatoms. The molecule has 0 atom stereocenters. The molecule has 0 aliphatic rings. The molecular formula is C5H12N2O2S2+. The first-order chi connectivity index (χ1) is 5.26. The molecule has 0 saturated carbocycles. The topological polar surface area (TPSA) is 69.7 Å². The molecule has 65 valence electrons. The Hall–Kier alpha value is 0.120. The number of thiocarbonyl (C=S) groups is 1. The fourth-order valence-electron chi connectivity index (χ4n) is 0.610. The van der Waals surface area contributed by atoms with Gasteiger partial charge in [-0.25, -0.2) is 0 Å². The number of hydrogen-bond donors (Lipinski definition) is 3. The van der Waals surface area contributed by atoms with Crippen molar-refractivity contribution >= 4 is 28.5 Å². The van der Waals surface area contributed by atoms with Crippen LogP contribution in [0.4, 0.5) is 0 Å². The molecule has 4 N–H and O–H groups in total. The molecule has 0 saturated heterocycles. The smallest absolute Gasteiger partial charge is 0.395 e. The summed E-state index contributed by atoms with van der Waals surface area (Å²) < 4.78 is 0.494. The monoisotopic (exact) mass is 196 g/mol. The van der Waals surface area contributed by atoms with Crippen LogP contribution in [0.1, 0.15) is 0 Å². The van der Waals surface area contributed by atoms with Gasteiger partial charge in [0.1, 0.15) is 0 Å². The number of hydrogen-bond acceptors (Lipinski definition) is 5. The summed E-state index contributed by atoms with van der Waals surface area (Å²) >= 11 is 5.80. The summed E-state index contributed by atoms with van der Waals surface area (Å²) in [4.78, 5) is 1.65. The quantitative estimate of drug-likeness (QED) is 0.289. The van der Waals surface area contributed by atoms with Crippen LogP contribution in [-0.4, -0.2) is 45.7 Å². The van der Waals surface area contributed by atoms with E-state index in [1.54, 1.807) is 4.90 Å². The van der Waals surface area contributed by atoms with Gasteiger partial charge in [0.05, 0.1) is 13.2 Å². The summed E-state index contributed by atoms with van der Waals surface area (Å²) in [6, 6.07) is 0. The second-order valence-electron chi connectivity index (χ2n) is 1.82. The van der Waals surface area contributed by atoms with Crippen molar-refractivity contribution in [2.45, 2.75) is 0 Å². The lowest BCUT2D eigenvalue weighted by Crippen LogP contribution is -2.34. The van der Waals surface area contributed by atoms with Crippen LogP contribution in [0.3, 0.4) is 0 Å². The fourth-order valence-corrected chi connectivity index (χ4v) is 1.12. The predicted molar refractivity (Wildman–Crippen MR) is 49.9 cm³/mol. The maximum absolute atomic E-state index is 8.57. The van der Waals surface area contributed by atoms with E-state index in [1.165, 1.54) is 0 Å². The molecule has 11 heavy (non-hydrogen) atoms. The minimum absolute atomic E-state index is 0.0146. The van der Waals surface area contributed by atoms with Crippen LogP contribution >= 0.6 is 11.9 Å². The van der Waals surface area contributed by atoms with Crippen LogP contribution in [0.15, 0.2) is 0 Å². The van der Waals surface area contributed by atoms with Gasteiger partial charge in [0.2, 0.25) is 0 Å². The van der Waals surface area contributed by atoms with E-state index in [4.69, 9.17) is 27.6 Å². The molecule has 0 fully saturated rings. The normalized spacial score (nSPS) is 9.73. The van der Waals surface area contributed by atoms with E-state index in [0.717, 1.165) is 11.9 Å². The third-order valence-corrected chi connectivity index (χ3v) is 2.11. The summed E-state index contributed by atoms with van der Waals surface area (Å²) in [7, 11) is 0. The summed E-state index contributed by atoms with van der Waals surface area (Å²) in [5, 5.41) is 22.4. The Morgan fingerprint density at radius 3 is 2.09 bits per heavy atom. The molecule has 0 aliphatic carbocycles. The van der Waals surface area contributed by atoms with Crippen molar-refractivity contribution in [3.05, 3.63) is 0 Å². The van der Waals surface area contributed by atoms with Gasteiger partial charge in [-0.1, -0.05) is 0 Å². The molecular weight excluding hydrogens is 184 g/mol. The van der Waals surface area contributed by atoms with Crippen molar-refractivity contribution in [3.8, 4) is 0 Å². The van der Waals surface area contributed by atoms with Crippen LogP contribution in [0.5, 0.6) is 0 Å². The van der Waals surface area contributed by atoms with Gasteiger partial charge in [0.25, 0.3) is 0 Å². The Balaban J connectivity index is 3.76. The molecule has 0 aliphatic heterocycles. The zero-order valence-electron chi connectivity index (χ0n) is 6.06. The van der Waals surface area contributed by atoms with Gasteiger partial charge in [0.15, 0.2) is 0 Å². The van der Waals surface area contributed by atoms with Crippen LogP contribution in [0.2, 0.25) is 0 Å². The van der Waals surface area contributed by atoms with Crippen LogP contribution in [0, 0.1) is 0 Å². The zero-order chi connectivity index (χ0) is 8.69. The first kappa shape index (κ1) is 11.1. The van der Waals surface area contributed by atoms with Crippen molar-refractivity contribution in [1.82, 2.24) is 4.90 Å². The number of nitrogens with two attached hydrogens (primary N) is 1. The van der Waals surface area contributed by atoms with Gasteiger partial charge < -0.3 is 15.1 Å². The maximum atomic E-state index is 8.57. The van der Waals surface area contributed by atoms with Gasteiger partial charge in [-0.15, -0.1) is 0 Å². The van der Waals surface area contributed by atoms with Crippen molar-refractivity contribution in [2.24, 2.45) is 5.14 Å². The van der Waals surface area contributed by atoms with E-state index < -0.39 is 0 Å². The average Bonchev–Trinajstić information content (AvgIpc) is 2.03. The average molecular weight is 196 g/mol. The highest BCUT2D eigenvalue weighted by Crippen LogP contribution is 1.97. The van der Waals surface area contributed by atoms with Crippen LogP contribution < -0.4 is 5.14 Å². The Morgan fingerprint density at radius 2 is 1.82 bits per heavy atom. The second-order valence-corrected chi connectivity index (χ2v) is 3.09. The van der Waals surface area contributed by atoms with E-state index in [0.29, 0.717) is 17.4 Å². The lowest BCUT2D eigenvalue weighted by molar-refractivity contribution is 0.216. The Bertz CT molecular complexity index is 117. The SMILES string of the molecule is NSC(=[S+])N(CCO)CCO. The molecule has 0 heterocycles. The standard InChI is InChI=1S/C5H12N2O2S2/c6-11-5(10)7(1-3-8)2-4-9/h8-9H,1-4,6H2/q+1. The molecule has 0 aromatic rings. The Kier molecular flexibility index (Phi) is 6.88. The molecule has 0 aromatic heterocycles. The largest absolute Gasteiger partial charge is 0.565 e. The molecule has 0 rings (SSSR count). The van der Waals surface area contributed by atoms with Crippen molar-refractivity contribution < 1.29 is 10.2 Å². The second kappa shape index (κ2) is 6.81. The molecule has 1 radical (unpaired) electrons. The highest BCUT2D eigenvalue weighted by Gasteiger charge is 2.17. The third kappa shape index (κ3) is 4.54. The van der Waals surface area contributed by atoms with Crippen molar-refractivity contribution in [1.29, 1.82) is 0 Å². The van der Waals surface area contributed by atoms with Crippen LogP contribution in [-0.2, 0) is 12.2 Å². The summed E-state index contributed by atoms with van der Waals surface area (Å²) in [5.74, 6) is 0. The molecule has 4 nitrogen and oxygen atoms in total. The first-order valence-corrected chi connectivity index (χ1v) is 4.42. The number of aliphatic hydroxyl groups excluding tert-OH is 2. The van der Waals surface area contributed by atoms with E-state index in [2.05, 4.69) is 0 Å². The van der Waals surface area contributed by atoms with Crippen molar-refractivity contribution in [3.63, 3.8) is 0 Å². The summed E-state index contributed by atoms with van der Waals surface area (Å²) in [6.07, 6.45) is 0. The third-order valence-electron chi connectivity index (χ3n) is 1.10. The summed E-state index contributed by atoms with van der Waals surface area (Å²) in [5.41, 5.74) is 0. The number of aliphatic hydroxyl groups is 2. The van der Waals surface area contributed by atoms with E-state index in [1.807, 2.05) is 0 Å². The van der Waals surface area contributed by atoms with Gasteiger partial charge in [-0.05, 0) is 0 Å². The van der Waals surface area contributed by atoms with Gasteiger partial charge in [0, 0.05) is 25.0 Å². The molecule has 0 aromatic carbocycles. The molecule has 0 spiro atoms. The van der Waals surface area contributed by atoms with Crippen molar-refractivity contribution in [2.75, 3.05) is 26.3 Å². The summed E-state index contributed by atoms with van der Waals surface area (Å²) in [6.45, 7) is 0.870.